The van der Waals surface area contributed by atoms with Crippen LogP contribution in [-0.4, -0.2) is 30.0 Å². The first-order valence-electron chi connectivity index (χ1n) is 6.80. The lowest BCUT2D eigenvalue weighted by molar-refractivity contribution is 0.511. The minimum Gasteiger partial charge on any atom is -0.381 e. The standard InChI is InChI=1S/C14H22FN3S/c1-10-13(8-11(15)9-18(2)3)19-14(16-10)17-12-6-4-5-7-12/h9,12H,4-8H2,1-3H3,(H,16,17). The largest absolute Gasteiger partial charge is 0.381 e. The molecule has 0 saturated heterocycles. The first-order chi connectivity index (χ1) is 9.04. The Morgan fingerprint density at radius 2 is 2.16 bits per heavy atom. The Balaban J connectivity index is 1.99. The number of aromatic nitrogens is 1. The van der Waals surface area contributed by atoms with Crippen LogP contribution in [0.15, 0.2) is 12.0 Å². The summed E-state index contributed by atoms with van der Waals surface area (Å²) in [6.07, 6.45) is 6.91. The average Bonchev–Trinajstić information content (AvgIpc) is 2.89. The molecule has 3 nitrogen and oxygen atoms in total. The monoisotopic (exact) mass is 283 g/mol. The van der Waals surface area contributed by atoms with Crippen molar-refractivity contribution in [3.63, 3.8) is 0 Å². The lowest BCUT2D eigenvalue weighted by atomic mass is 10.2. The van der Waals surface area contributed by atoms with Gasteiger partial charge in [-0.1, -0.05) is 12.8 Å². The molecule has 0 bridgehead atoms. The van der Waals surface area contributed by atoms with Crippen molar-refractivity contribution >= 4 is 16.5 Å². The second-order valence-corrected chi connectivity index (χ2v) is 6.45. The molecule has 1 aliphatic carbocycles. The van der Waals surface area contributed by atoms with Crippen molar-refractivity contribution in [2.45, 2.75) is 45.1 Å². The minimum absolute atomic E-state index is 0.121. The van der Waals surface area contributed by atoms with Crippen LogP contribution in [0.3, 0.4) is 0 Å². The lowest BCUT2D eigenvalue weighted by Gasteiger charge is -2.09. The third-order valence-electron chi connectivity index (χ3n) is 3.30. The summed E-state index contributed by atoms with van der Waals surface area (Å²) in [7, 11) is 3.65. The Labute approximate surface area is 118 Å². The normalized spacial score (nSPS) is 16.9. The number of anilines is 1. The van der Waals surface area contributed by atoms with E-state index in [0.29, 0.717) is 12.5 Å². The first kappa shape index (κ1) is 14.3. The zero-order chi connectivity index (χ0) is 13.8. The van der Waals surface area contributed by atoms with Crippen molar-refractivity contribution in [2.24, 2.45) is 0 Å². The maximum absolute atomic E-state index is 13.7. The van der Waals surface area contributed by atoms with Crippen LogP contribution >= 0.6 is 11.3 Å². The van der Waals surface area contributed by atoms with Gasteiger partial charge < -0.3 is 10.2 Å². The van der Waals surface area contributed by atoms with E-state index in [-0.39, 0.29) is 5.83 Å². The number of aryl methyl sites for hydroxylation is 1. The topological polar surface area (TPSA) is 28.2 Å². The molecule has 1 N–H and O–H groups in total. The second kappa shape index (κ2) is 6.37. The highest BCUT2D eigenvalue weighted by molar-refractivity contribution is 7.15. The smallest absolute Gasteiger partial charge is 0.183 e. The molecule has 2 rings (SSSR count). The van der Waals surface area contributed by atoms with Gasteiger partial charge in [0, 0.05) is 37.6 Å². The summed E-state index contributed by atoms with van der Waals surface area (Å²) in [5.74, 6) is -0.121. The number of nitrogens with zero attached hydrogens (tertiary/aromatic N) is 2. The Morgan fingerprint density at radius 3 is 2.79 bits per heavy atom. The van der Waals surface area contributed by atoms with Crippen molar-refractivity contribution in [3.8, 4) is 0 Å². The van der Waals surface area contributed by atoms with Crippen LogP contribution in [-0.2, 0) is 6.42 Å². The lowest BCUT2D eigenvalue weighted by Crippen LogP contribution is -2.13. The van der Waals surface area contributed by atoms with Crippen LogP contribution < -0.4 is 5.32 Å². The Hall–Kier alpha value is -1.10. The van der Waals surface area contributed by atoms with Crippen LogP contribution in [0.1, 0.15) is 36.3 Å². The predicted octanol–water partition coefficient (Wildman–Crippen LogP) is 3.72. The van der Waals surface area contributed by atoms with Gasteiger partial charge in [0.05, 0.1) is 5.69 Å². The van der Waals surface area contributed by atoms with E-state index < -0.39 is 0 Å². The van der Waals surface area contributed by atoms with Crippen LogP contribution in [0.4, 0.5) is 9.52 Å². The number of halogens is 1. The molecule has 1 heterocycles. The van der Waals surface area contributed by atoms with E-state index in [1.165, 1.54) is 31.9 Å². The van der Waals surface area contributed by atoms with Gasteiger partial charge in [-0.05, 0) is 19.8 Å². The molecule has 1 aliphatic rings. The Morgan fingerprint density at radius 1 is 1.47 bits per heavy atom. The maximum Gasteiger partial charge on any atom is 0.183 e. The van der Waals surface area contributed by atoms with Gasteiger partial charge in [-0.3, -0.25) is 0 Å². The first-order valence-corrected chi connectivity index (χ1v) is 7.61. The summed E-state index contributed by atoms with van der Waals surface area (Å²) < 4.78 is 13.7. The van der Waals surface area contributed by atoms with Crippen molar-refractivity contribution in [1.82, 2.24) is 9.88 Å². The quantitative estimate of drug-likeness (QED) is 0.892. The van der Waals surface area contributed by atoms with E-state index in [9.17, 15) is 4.39 Å². The van der Waals surface area contributed by atoms with Gasteiger partial charge in [0.2, 0.25) is 0 Å². The number of rotatable bonds is 5. The van der Waals surface area contributed by atoms with Crippen molar-refractivity contribution < 1.29 is 4.39 Å². The van der Waals surface area contributed by atoms with Gasteiger partial charge in [-0.25, -0.2) is 9.37 Å². The molecule has 0 spiro atoms. The van der Waals surface area contributed by atoms with Crippen LogP contribution in [0, 0.1) is 6.92 Å². The molecule has 0 radical (unpaired) electrons. The van der Waals surface area contributed by atoms with Crippen molar-refractivity contribution in [1.29, 1.82) is 0 Å². The highest BCUT2D eigenvalue weighted by Crippen LogP contribution is 2.28. The zero-order valence-corrected chi connectivity index (χ0v) is 12.7. The molecule has 0 atom stereocenters. The maximum atomic E-state index is 13.7. The Bertz CT molecular complexity index is 448. The SMILES string of the molecule is Cc1nc(NC2CCCC2)sc1CC(F)=CN(C)C. The molecule has 1 aromatic heterocycles. The fourth-order valence-corrected chi connectivity index (χ4v) is 3.42. The molecule has 1 saturated carbocycles. The number of allylic oxidation sites excluding steroid dienone is 1. The van der Waals surface area contributed by atoms with E-state index in [1.54, 1.807) is 16.2 Å². The van der Waals surface area contributed by atoms with E-state index in [4.69, 9.17) is 0 Å². The minimum atomic E-state index is -0.121. The summed E-state index contributed by atoms with van der Waals surface area (Å²) in [6.45, 7) is 1.95. The molecule has 106 valence electrons. The molecular weight excluding hydrogens is 261 g/mol. The molecule has 0 aromatic carbocycles. The molecule has 19 heavy (non-hydrogen) atoms. The summed E-state index contributed by atoms with van der Waals surface area (Å²) in [6, 6.07) is 0.556. The highest BCUT2D eigenvalue weighted by atomic mass is 32.1. The average molecular weight is 283 g/mol. The summed E-state index contributed by atoms with van der Waals surface area (Å²) >= 11 is 1.58. The number of hydrogen-bond acceptors (Lipinski definition) is 4. The fraction of sp³-hybridized carbons (Fsp3) is 0.643. The van der Waals surface area contributed by atoms with Gasteiger partial charge >= 0.3 is 0 Å². The summed E-state index contributed by atoms with van der Waals surface area (Å²) in [5.41, 5.74) is 0.938. The number of thiazole rings is 1. The van der Waals surface area contributed by atoms with Gasteiger partial charge in [-0.2, -0.15) is 0 Å². The Kier molecular flexibility index (Phi) is 4.80. The molecule has 0 amide bonds. The third-order valence-corrected chi connectivity index (χ3v) is 4.39. The van der Waals surface area contributed by atoms with Gasteiger partial charge in [-0.15, -0.1) is 11.3 Å². The highest BCUT2D eigenvalue weighted by Gasteiger charge is 2.17. The van der Waals surface area contributed by atoms with Crippen LogP contribution in [0.25, 0.3) is 0 Å². The molecule has 1 aromatic rings. The van der Waals surface area contributed by atoms with Crippen molar-refractivity contribution in [3.05, 3.63) is 22.6 Å². The summed E-state index contributed by atoms with van der Waals surface area (Å²) in [5, 5.41) is 4.41. The molecule has 5 heteroatoms. The third kappa shape index (κ3) is 4.20. The summed E-state index contributed by atoms with van der Waals surface area (Å²) in [4.78, 5) is 7.24. The molecule has 1 fully saturated rings. The predicted molar refractivity (Wildman–Crippen MR) is 79.3 cm³/mol. The van der Waals surface area contributed by atoms with Gasteiger partial charge in [0.15, 0.2) is 5.13 Å². The number of hydrogen-bond donors (Lipinski definition) is 1. The fourth-order valence-electron chi connectivity index (χ4n) is 2.38. The van der Waals surface area contributed by atoms with Crippen molar-refractivity contribution in [2.75, 3.05) is 19.4 Å². The van der Waals surface area contributed by atoms with E-state index in [0.717, 1.165) is 15.7 Å². The van der Waals surface area contributed by atoms with E-state index in [1.807, 2.05) is 21.0 Å². The van der Waals surface area contributed by atoms with E-state index in [2.05, 4.69) is 10.3 Å². The van der Waals surface area contributed by atoms with E-state index >= 15 is 0 Å². The van der Waals surface area contributed by atoms with Crippen LogP contribution in [0.2, 0.25) is 0 Å². The second-order valence-electron chi connectivity index (χ2n) is 5.37. The van der Waals surface area contributed by atoms with Crippen LogP contribution in [0.5, 0.6) is 0 Å². The molecule has 0 aliphatic heterocycles. The van der Waals surface area contributed by atoms with Gasteiger partial charge in [0.1, 0.15) is 5.83 Å². The van der Waals surface area contributed by atoms with Gasteiger partial charge in [0.25, 0.3) is 0 Å². The zero-order valence-electron chi connectivity index (χ0n) is 11.9. The molecular formula is C14H22FN3S. The number of nitrogens with one attached hydrogen (secondary N) is 1. The molecule has 0 unspecified atom stereocenters.